The zero-order valence-electron chi connectivity index (χ0n) is 16.2. The number of carbonyl (C=O) groups is 1. The molecule has 2 heteroatoms. The number of hydrogen-bond donors (Lipinski definition) is 0. The molecule has 0 aromatic heterocycles. The number of esters is 1. The van der Waals surface area contributed by atoms with Crippen molar-refractivity contribution in [2.24, 2.45) is 0 Å². The van der Waals surface area contributed by atoms with E-state index >= 15 is 0 Å². The summed E-state index contributed by atoms with van der Waals surface area (Å²) in [4.78, 5) is 11.7. The molecule has 0 bridgehead atoms. The molecule has 0 N–H and O–H groups in total. The lowest BCUT2D eigenvalue weighted by Gasteiger charge is -2.16. The van der Waals surface area contributed by atoms with Gasteiger partial charge >= 0.3 is 5.97 Å². The first-order valence-electron chi connectivity index (χ1n) is 9.95. The van der Waals surface area contributed by atoms with E-state index in [2.05, 4.69) is 13.8 Å². The Kier molecular flexibility index (Phi) is 15.5. The second-order valence-electron chi connectivity index (χ2n) is 7.04. The predicted molar refractivity (Wildman–Crippen MR) is 101 cm³/mol. The maximum atomic E-state index is 11.7. The lowest BCUT2D eigenvalue weighted by atomic mass is 10.0. The number of ether oxygens (including phenoxy) is 1. The number of rotatable bonds is 15. The van der Waals surface area contributed by atoms with Gasteiger partial charge in [-0.3, -0.25) is 0 Å². The van der Waals surface area contributed by atoms with E-state index in [-0.39, 0.29) is 12.1 Å². The Bertz CT molecular complexity index is 303. The first kappa shape index (κ1) is 22.2. The van der Waals surface area contributed by atoms with Gasteiger partial charge in [0.15, 0.2) is 0 Å². The van der Waals surface area contributed by atoms with E-state index in [9.17, 15) is 4.79 Å². The average molecular weight is 325 g/mol. The van der Waals surface area contributed by atoms with Crippen LogP contribution in [0.3, 0.4) is 0 Å². The molecule has 1 unspecified atom stereocenters. The molecule has 136 valence electrons. The van der Waals surface area contributed by atoms with Crippen LogP contribution < -0.4 is 0 Å². The molecule has 0 aromatic rings. The van der Waals surface area contributed by atoms with E-state index in [1.165, 1.54) is 64.2 Å². The standard InChI is InChI=1S/C21H40O2/c1-5-7-8-9-10-11-12-13-14-15-17-20(16-6-2)23-21(22)18-19(3)4/h18,20H,5-17H2,1-4H3. The van der Waals surface area contributed by atoms with E-state index in [0.29, 0.717) is 0 Å². The summed E-state index contributed by atoms with van der Waals surface area (Å²) in [7, 11) is 0. The molecule has 0 aliphatic rings. The van der Waals surface area contributed by atoms with Crippen LogP contribution in [0.2, 0.25) is 0 Å². The molecule has 0 fully saturated rings. The molecular formula is C21H40O2. The Morgan fingerprint density at radius 2 is 1.30 bits per heavy atom. The minimum Gasteiger partial charge on any atom is -0.459 e. The van der Waals surface area contributed by atoms with Crippen LogP contribution in [0.1, 0.15) is 111 Å². The van der Waals surface area contributed by atoms with Crippen molar-refractivity contribution in [1.82, 2.24) is 0 Å². The summed E-state index contributed by atoms with van der Waals surface area (Å²) in [5.74, 6) is -0.171. The number of allylic oxidation sites excluding steroid dienone is 1. The summed E-state index contributed by atoms with van der Waals surface area (Å²) < 4.78 is 5.57. The van der Waals surface area contributed by atoms with Gasteiger partial charge in [0.1, 0.15) is 6.10 Å². The van der Waals surface area contributed by atoms with Crippen molar-refractivity contribution < 1.29 is 9.53 Å². The highest BCUT2D eigenvalue weighted by molar-refractivity contribution is 5.82. The number of carbonyl (C=O) groups excluding carboxylic acids is 1. The van der Waals surface area contributed by atoms with Crippen LogP contribution in [0.4, 0.5) is 0 Å². The van der Waals surface area contributed by atoms with Gasteiger partial charge in [-0.15, -0.1) is 0 Å². The van der Waals surface area contributed by atoms with Crippen molar-refractivity contribution in [1.29, 1.82) is 0 Å². The van der Waals surface area contributed by atoms with E-state index in [1.54, 1.807) is 6.08 Å². The summed E-state index contributed by atoms with van der Waals surface area (Å²) in [6.07, 6.45) is 18.3. The Balaban J connectivity index is 3.64. The van der Waals surface area contributed by atoms with Crippen molar-refractivity contribution in [3.05, 3.63) is 11.6 Å². The van der Waals surface area contributed by atoms with Crippen LogP contribution in [-0.2, 0) is 9.53 Å². The molecule has 0 saturated carbocycles. The minimum absolute atomic E-state index is 0.108. The van der Waals surface area contributed by atoms with E-state index in [1.807, 2.05) is 13.8 Å². The topological polar surface area (TPSA) is 26.3 Å². The van der Waals surface area contributed by atoms with Crippen LogP contribution in [0.5, 0.6) is 0 Å². The highest BCUT2D eigenvalue weighted by atomic mass is 16.5. The van der Waals surface area contributed by atoms with Gasteiger partial charge in [-0.25, -0.2) is 4.79 Å². The molecule has 0 heterocycles. The van der Waals surface area contributed by atoms with Gasteiger partial charge in [0.05, 0.1) is 0 Å². The second-order valence-corrected chi connectivity index (χ2v) is 7.04. The maximum absolute atomic E-state index is 11.7. The summed E-state index contributed by atoms with van der Waals surface area (Å²) in [5.41, 5.74) is 1.00. The molecule has 0 rings (SSSR count). The quantitative estimate of drug-likeness (QED) is 0.184. The fraction of sp³-hybridized carbons (Fsp3) is 0.857. The summed E-state index contributed by atoms with van der Waals surface area (Å²) in [6.45, 7) is 8.28. The lowest BCUT2D eigenvalue weighted by Crippen LogP contribution is -2.17. The highest BCUT2D eigenvalue weighted by Gasteiger charge is 2.11. The van der Waals surface area contributed by atoms with E-state index in [0.717, 1.165) is 24.8 Å². The third-order valence-electron chi connectivity index (χ3n) is 4.18. The molecular weight excluding hydrogens is 284 g/mol. The molecule has 23 heavy (non-hydrogen) atoms. The molecule has 0 aliphatic heterocycles. The summed E-state index contributed by atoms with van der Waals surface area (Å²) in [6, 6.07) is 0. The number of unbranched alkanes of at least 4 members (excludes halogenated alkanes) is 9. The number of hydrogen-bond acceptors (Lipinski definition) is 2. The van der Waals surface area contributed by atoms with Gasteiger partial charge in [-0.2, -0.15) is 0 Å². The van der Waals surface area contributed by atoms with E-state index in [4.69, 9.17) is 4.74 Å². The summed E-state index contributed by atoms with van der Waals surface area (Å²) in [5, 5.41) is 0. The molecule has 0 amide bonds. The van der Waals surface area contributed by atoms with Gasteiger partial charge in [0.25, 0.3) is 0 Å². The van der Waals surface area contributed by atoms with E-state index < -0.39 is 0 Å². The van der Waals surface area contributed by atoms with Gasteiger partial charge < -0.3 is 4.74 Å². The first-order chi connectivity index (χ1) is 11.1. The van der Waals surface area contributed by atoms with Crippen LogP contribution in [0, 0.1) is 0 Å². The normalized spacial score (nSPS) is 12.0. The third kappa shape index (κ3) is 15.9. The first-order valence-corrected chi connectivity index (χ1v) is 9.95. The Morgan fingerprint density at radius 3 is 1.78 bits per heavy atom. The zero-order valence-corrected chi connectivity index (χ0v) is 16.2. The smallest absolute Gasteiger partial charge is 0.330 e. The molecule has 1 atom stereocenters. The highest BCUT2D eigenvalue weighted by Crippen LogP contribution is 2.15. The second kappa shape index (κ2) is 16.1. The van der Waals surface area contributed by atoms with Crippen LogP contribution in [0.15, 0.2) is 11.6 Å². The lowest BCUT2D eigenvalue weighted by molar-refractivity contribution is -0.143. The maximum Gasteiger partial charge on any atom is 0.330 e. The van der Waals surface area contributed by atoms with Crippen LogP contribution >= 0.6 is 0 Å². The monoisotopic (exact) mass is 324 g/mol. The average Bonchev–Trinajstić information content (AvgIpc) is 2.48. The molecule has 0 aromatic carbocycles. The van der Waals surface area contributed by atoms with Crippen molar-refractivity contribution in [3.63, 3.8) is 0 Å². The van der Waals surface area contributed by atoms with Gasteiger partial charge in [-0.05, 0) is 33.1 Å². The summed E-state index contributed by atoms with van der Waals surface area (Å²) >= 11 is 0. The molecule has 0 saturated heterocycles. The molecule has 2 nitrogen and oxygen atoms in total. The fourth-order valence-corrected chi connectivity index (χ4v) is 2.88. The van der Waals surface area contributed by atoms with Gasteiger partial charge in [0, 0.05) is 6.08 Å². The van der Waals surface area contributed by atoms with Gasteiger partial charge in [-0.1, -0.05) is 83.6 Å². The zero-order chi connectivity index (χ0) is 17.3. The third-order valence-corrected chi connectivity index (χ3v) is 4.18. The SMILES string of the molecule is CCCCCCCCCCCCC(CCC)OC(=O)C=C(C)C. The molecule has 0 radical (unpaired) electrons. The largest absolute Gasteiger partial charge is 0.459 e. The van der Waals surface area contributed by atoms with Crippen molar-refractivity contribution in [2.75, 3.05) is 0 Å². The predicted octanol–water partition coefficient (Wildman–Crippen LogP) is 6.98. The van der Waals surface area contributed by atoms with Gasteiger partial charge in [0.2, 0.25) is 0 Å². The van der Waals surface area contributed by atoms with Crippen molar-refractivity contribution in [2.45, 2.75) is 117 Å². The Labute approximate surface area is 145 Å². The van der Waals surface area contributed by atoms with Crippen LogP contribution in [0.25, 0.3) is 0 Å². The fourth-order valence-electron chi connectivity index (χ4n) is 2.88. The minimum atomic E-state index is -0.171. The molecule has 0 aliphatic carbocycles. The van der Waals surface area contributed by atoms with Crippen LogP contribution in [-0.4, -0.2) is 12.1 Å². The van der Waals surface area contributed by atoms with Crippen molar-refractivity contribution >= 4 is 5.97 Å². The molecule has 0 spiro atoms. The van der Waals surface area contributed by atoms with Crippen molar-refractivity contribution in [3.8, 4) is 0 Å². The Hall–Kier alpha value is -0.790. The Morgan fingerprint density at radius 1 is 0.783 bits per heavy atom.